The van der Waals surface area contributed by atoms with E-state index in [1.807, 2.05) is 13.0 Å². The van der Waals surface area contributed by atoms with Crippen molar-refractivity contribution >= 4 is 40.8 Å². The maximum Gasteiger partial charge on any atom is 0.416 e. The maximum atomic E-state index is 13.1. The molecule has 12 heteroatoms. The number of rotatable bonds is 7. The summed E-state index contributed by atoms with van der Waals surface area (Å²) in [6.45, 7) is 1.83. The van der Waals surface area contributed by atoms with Gasteiger partial charge < -0.3 is 20.7 Å². The van der Waals surface area contributed by atoms with Crippen LogP contribution in [0.2, 0.25) is 5.02 Å². The van der Waals surface area contributed by atoms with Gasteiger partial charge in [-0.2, -0.15) is 18.2 Å². The van der Waals surface area contributed by atoms with Gasteiger partial charge in [0.15, 0.2) is 0 Å². The lowest BCUT2D eigenvalue weighted by Crippen LogP contribution is -2.47. The van der Waals surface area contributed by atoms with Crippen LogP contribution in [0, 0.1) is 5.92 Å². The lowest BCUT2D eigenvalue weighted by molar-refractivity contribution is -0.137. The molecule has 8 nitrogen and oxygen atoms in total. The molecular formula is C28H26ClF3N4O4. The summed E-state index contributed by atoms with van der Waals surface area (Å²) in [6.07, 6.45) is -1.20. The number of hydrogen-bond acceptors (Lipinski definition) is 5. The van der Waals surface area contributed by atoms with E-state index in [-0.39, 0.29) is 34.8 Å². The average molecular weight is 575 g/mol. The van der Waals surface area contributed by atoms with Crippen molar-refractivity contribution in [3.05, 3.63) is 87.3 Å². The van der Waals surface area contributed by atoms with Crippen LogP contribution in [0.3, 0.4) is 0 Å². The summed E-state index contributed by atoms with van der Waals surface area (Å²) in [5.74, 6) is -2.06. The fourth-order valence-corrected chi connectivity index (χ4v) is 4.47. The van der Waals surface area contributed by atoms with Gasteiger partial charge in [-0.15, -0.1) is 0 Å². The molecule has 0 saturated carbocycles. The van der Waals surface area contributed by atoms with Crippen LogP contribution in [-0.2, 0) is 27.0 Å². The Labute approximate surface area is 233 Å². The quantitative estimate of drug-likeness (QED) is 0.387. The van der Waals surface area contributed by atoms with Crippen molar-refractivity contribution in [2.24, 2.45) is 10.9 Å². The number of carbonyl (C=O) groups is 3. The van der Waals surface area contributed by atoms with Gasteiger partial charge in [0.1, 0.15) is 11.8 Å². The molecular weight excluding hydrogens is 549 g/mol. The first-order chi connectivity index (χ1) is 19.0. The number of hydrogen-bond donors (Lipinski definition) is 3. The Morgan fingerprint density at radius 2 is 1.98 bits per heavy atom. The summed E-state index contributed by atoms with van der Waals surface area (Å²) in [7, 11) is 1.50. The molecule has 2 heterocycles. The molecule has 4 rings (SSSR count). The van der Waals surface area contributed by atoms with Gasteiger partial charge >= 0.3 is 6.18 Å². The van der Waals surface area contributed by atoms with Crippen molar-refractivity contribution in [2.75, 3.05) is 12.4 Å². The zero-order valence-corrected chi connectivity index (χ0v) is 22.4. The van der Waals surface area contributed by atoms with Crippen molar-refractivity contribution < 1.29 is 32.3 Å². The average Bonchev–Trinajstić information content (AvgIpc) is 3.10. The largest absolute Gasteiger partial charge is 0.481 e. The monoisotopic (exact) mass is 574 g/mol. The van der Waals surface area contributed by atoms with Crippen molar-refractivity contribution in [2.45, 2.75) is 38.9 Å². The number of aliphatic imine (C=N–C) groups is 1. The van der Waals surface area contributed by atoms with Crippen molar-refractivity contribution in [1.82, 2.24) is 10.6 Å². The predicted molar refractivity (Wildman–Crippen MR) is 143 cm³/mol. The van der Waals surface area contributed by atoms with E-state index in [2.05, 4.69) is 20.9 Å². The van der Waals surface area contributed by atoms with Gasteiger partial charge in [0.25, 0.3) is 5.91 Å². The van der Waals surface area contributed by atoms with Gasteiger partial charge in [-0.3, -0.25) is 14.4 Å². The highest BCUT2D eigenvalue weighted by molar-refractivity contribution is 6.34. The maximum absolute atomic E-state index is 13.1. The normalized spacial score (nSPS) is 17.1. The van der Waals surface area contributed by atoms with Crippen LogP contribution in [0.25, 0.3) is 0 Å². The number of allylic oxidation sites excluding steroid dienone is 2. The van der Waals surface area contributed by atoms with Crippen molar-refractivity contribution in [3.63, 3.8) is 0 Å². The van der Waals surface area contributed by atoms with Crippen LogP contribution in [0.5, 0.6) is 0 Å². The number of ether oxygens (including phenoxy) is 1. The fourth-order valence-electron chi connectivity index (χ4n) is 4.31. The molecule has 1 unspecified atom stereocenters. The number of halogens is 4. The summed E-state index contributed by atoms with van der Waals surface area (Å²) >= 11 is 6.25. The summed E-state index contributed by atoms with van der Waals surface area (Å²) in [4.78, 5) is 43.0. The number of anilines is 1. The topological polar surface area (TPSA) is 109 Å². The first-order valence-corrected chi connectivity index (χ1v) is 12.8. The Kier molecular flexibility index (Phi) is 8.63. The van der Waals surface area contributed by atoms with Crippen LogP contribution in [-0.4, -0.2) is 30.7 Å². The fraction of sp³-hybridized carbons (Fsp3) is 0.286. The number of benzene rings is 2. The second-order valence-electron chi connectivity index (χ2n) is 9.17. The van der Waals surface area contributed by atoms with E-state index in [1.165, 1.54) is 37.4 Å². The summed E-state index contributed by atoms with van der Waals surface area (Å²) in [5.41, 5.74) is 1.34. The Balaban J connectivity index is 1.44. The van der Waals surface area contributed by atoms with E-state index in [4.69, 9.17) is 16.3 Å². The second-order valence-corrected chi connectivity index (χ2v) is 9.58. The lowest BCUT2D eigenvalue weighted by atomic mass is 9.91. The number of nitrogens with one attached hydrogen (secondary N) is 3. The van der Waals surface area contributed by atoms with Crippen molar-refractivity contribution in [3.8, 4) is 0 Å². The molecule has 2 aromatic rings. The molecule has 1 fully saturated rings. The van der Waals surface area contributed by atoms with E-state index < -0.39 is 35.4 Å². The zero-order valence-electron chi connectivity index (χ0n) is 21.6. The number of methoxy groups -OCH3 is 1. The first kappa shape index (κ1) is 28.9. The summed E-state index contributed by atoms with van der Waals surface area (Å²) < 4.78 is 44.2. The van der Waals surface area contributed by atoms with Crippen LogP contribution >= 0.6 is 11.6 Å². The Morgan fingerprint density at radius 3 is 2.67 bits per heavy atom. The third-order valence-corrected chi connectivity index (χ3v) is 6.86. The molecule has 2 aliphatic heterocycles. The minimum Gasteiger partial charge on any atom is -0.481 e. The van der Waals surface area contributed by atoms with Gasteiger partial charge in [-0.05, 0) is 66.3 Å². The SMILES string of the molecule is CCC1=C(OC)N=C2NC(=O)C(C(=O)Nc3cc(C(=O)NCc4cccc(C(F)(F)F)c4)ccc3Cl)CC2=CC1. The molecule has 0 bridgehead atoms. The Bertz CT molecular complexity index is 1450. The van der Waals surface area contributed by atoms with E-state index in [9.17, 15) is 27.6 Å². The van der Waals surface area contributed by atoms with Gasteiger partial charge in [0, 0.05) is 12.1 Å². The molecule has 40 heavy (non-hydrogen) atoms. The predicted octanol–water partition coefficient (Wildman–Crippen LogP) is 5.36. The van der Waals surface area contributed by atoms with E-state index in [1.54, 1.807) is 0 Å². The number of piperidine rings is 1. The molecule has 2 aliphatic rings. The van der Waals surface area contributed by atoms with Gasteiger partial charge in [0.2, 0.25) is 17.7 Å². The molecule has 2 aromatic carbocycles. The van der Waals surface area contributed by atoms with Crippen LogP contribution in [0.4, 0.5) is 18.9 Å². The van der Waals surface area contributed by atoms with Gasteiger partial charge in [-0.25, -0.2) is 0 Å². The van der Waals surface area contributed by atoms with E-state index in [0.717, 1.165) is 17.7 Å². The Hall–Kier alpha value is -4.12. The lowest BCUT2D eigenvalue weighted by Gasteiger charge is -2.25. The minimum absolute atomic E-state index is 0.108. The summed E-state index contributed by atoms with van der Waals surface area (Å²) in [5, 5.41) is 7.98. The number of amides is 3. The zero-order chi connectivity index (χ0) is 29.0. The third-order valence-electron chi connectivity index (χ3n) is 6.53. The highest BCUT2D eigenvalue weighted by Gasteiger charge is 2.36. The molecule has 3 N–H and O–H groups in total. The molecule has 1 saturated heterocycles. The Morgan fingerprint density at radius 1 is 1.20 bits per heavy atom. The standard InChI is InChI=1S/C28H26ClF3N4O4/c1-3-16-7-8-17-12-20(26(39)35-23(17)36-27(16)40-2)25(38)34-22-13-18(9-10-21(22)29)24(37)33-14-15-5-4-6-19(11-15)28(30,31)32/h4-6,8-11,13,20H,3,7,12,14H2,1-2H3,(H,33,37)(H,34,38)(H,35,36,39). The van der Waals surface area contributed by atoms with Crippen LogP contribution in [0.15, 0.2) is 70.6 Å². The molecule has 3 amide bonds. The second kappa shape index (κ2) is 12.0. The highest BCUT2D eigenvalue weighted by Crippen LogP contribution is 2.31. The number of alkyl halides is 3. The summed E-state index contributed by atoms with van der Waals surface area (Å²) in [6, 6.07) is 8.78. The van der Waals surface area contributed by atoms with Crippen LogP contribution < -0.4 is 16.0 Å². The van der Waals surface area contributed by atoms with E-state index >= 15 is 0 Å². The van der Waals surface area contributed by atoms with Gasteiger partial charge in [-0.1, -0.05) is 36.7 Å². The number of amidine groups is 1. The van der Waals surface area contributed by atoms with Crippen LogP contribution in [0.1, 0.15) is 47.7 Å². The molecule has 210 valence electrons. The molecule has 0 spiro atoms. The number of fused-ring (bicyclic) bond motifs is 1. The van der Waals surface area contributed by atoms with Crippen molar-refractivity contribution in [1.29, 1.82) is 0 Å². The molecule has 0 aromatic heterocycles. The minimum atomic E-state index is -4.50. The number of carbonyl (C=O) groups excluding carboxylic acids is 3. The molecule has 1 atom stereocenters. The third kappa shape index (κ3) is 6.53. The first-order valence-electron chi connectivity index (χ1n) is 12.4. The molecule has 0 radical (unpaired) electrons. The highest BCUT2D eigenvalue weighted by atomic mass is 35.5. The molecule has 0 aliphatic carbocycles. The smallest absolute Gasteiger partial charge is 0.416 e. The van der Waals surface area contributed by atoms with E-state index in [0.29, 0.717) is 30.1 Å². The van der Waals surface area contributed by atoms with Gasteiger partial charge in [0.05, 0.1) is 23.4 Å². The number of nitrogens with zero attached hydrogens (tertiary/aromatic N) is 1.